The topological polar surface area (TPSA) is 15.3 Å². The molecule has 0 aliphatic heterocycles. The highest BCUT2D eigenvalue weighted by Gasteiger charge is 2.04. The zero-order chi connectivity index (χ0) is 12.0. The minimum Gasteiger partial charge on any atom is -0.374 e. The first-order valence-electron chi connectivity index (χ1n) is 5.89. The highest BCUT2D eigenvalue weighted by atomic mass is 35.5. The summed E-state index contributed by atoms with van der Waals surface area (Å²) >= 11 is 6.25. The number of hydrogen-bond donors (Lipinski definition) is 1. The van der Waals surface area contributed by atoms with Crippen molar-refractivity contribution in [3.05, 3.63) is 28.8 Å². The van der Waals surface area contributed by atoms with Crippen LogP contribution < -0.4 is 10.2 Å². The van der Waals surface area contributed by atoms with Gasteiger partial charge in [0, 0.05) is 20.1 Å². The minimum atomic E-state index is 0.833. The van der Waals surface area contributed by atoms with Crippen LogP contribution in [0.4, 0.5) is 5.69 Å². The number of halogens is 1. The lowest BCUT2D eigenvalue weighted by Gasteiger charge is -2.18. The molecule has 0 heterocycles. The van der Waals surface area contributed by atoms with Crippen LogP contribution in [0.25, 0.3) is 0 Å². The molecule has 0 bridgehead atoms. The number of nitrogens with zero attached hydrogens (tertiary/aromatic N) is 1. The molecule has 0 saturated heterocycles. The maximum Gasteiger partial charge on any atom is 0.0642 e. The van der Waals surface area contributed by atoms with Crippen molar-refractivity contribution in [1.29, 1.82) is 0 Å². The highest BCUT2D eigenvalue weighted by molar-refractivity contribution is 6.33. The summed E-state index contributed by atoms with van der Waals surface area (Å²) in [6, 6.07) is 6.27. The van der Waals surface area contributed by atoms with E-state index >= 15 is 0 Å². The fourth-order valence-electron chi connectivity index (χ4n) is 1.55. The quantitative estimate of drug-likeness (QED) is 0.768. The number of nitrogens with one attached hydrogen (secondary N) is 1. The van der Waals surface area contributed by atoms with Crippen molar-refractivity contribution in [2.75, 3.05) is 25.0 Å². The van der Waals surface area contributed by atoms with Gasteiger partial charge in [-0.1, -0.05) is 24.6 Å². The van der Waals surface area contributed by atoms with Gasteiger partial charge in [-0.25, -0.2) is 0 Å². The first-order chi connectivity index (χ1) is 7.69. The van der Waals surface area contributed by atoms with E-state index < -0.39 is 0 Å². The summed E-state index contributed by atoms with van der Waals surface area (Å²) in [6.45, 7) is 7.19. The molecule has 0 radical (unpaired) electrons. The van der Waals surface area contributed by atoms with Crippen LogP contribution in [-0.2, 0) is 6.54 Å². The summed E-state index contributed by atoms with van der Waals surface area (Å²) in [7, 11) is 2.05. The van der Waals surface area contributed by atoms with Gasteiger partial charge in [-0.2, -0.15) is 0 Å². The molecule has 1 aromatic rings. The Balaban J connectivity index is 2.67. The van der Waals surface area contributed by atoms with E-state index in [9.17, 15) is 0 Å². The monoisotopic (exact) mass is 240 g/mol. The molecule has 2 nitrogen and oxygen atoms in total. The summed E-state index contributed by atoms with van der Waals surface area (Å²) in [4.78, 5) is 2.14. The summed E-state index contributed by atoms with van der Waals surface area (Å²) in [5.41, 5.74) is 2.34. The minimum absolute atomic E-state index is 0.833. The zero-order valence-corrected chi connectivity index (χ0v) is 11.1. The third kappa shape index (κ3) is 3.69. The number of benzene rings is 1. The Morgan fingerprint density at radius 2 is 2.06 bits per heavy atom. The predicted octanol–water partition coefficient (Wildman–Crippen LogP) is 3.30. The van der Waals surface area contributed by atoms with Crippen LogP contribution in [0.5, 0.6) is 0 Å². The van der Waals surface area contributed by atoms with Gasteiger partial charge in [-0.3, -0.25) is 0 Å². The van der Waals surface area contributed by atoms with E-state index in [1.807, 2.05) is 6.07 Å². The molecule has 90 valence electrons. The van der Waals surface area contributed by atoms with Gasteiger partial charge in [0.25, 0.3) is 0 Å². The van der Waals surface area contributed by atoms with Crippen LogP contribution >= 0.6 is 11.6 Å². The van der Waals surface area contributed by atoms with Crippen LogP contribution in [0, 0.1) is 0 Å². The third-order valence-corrected chi connectivity index (χ3v) is 2.96. The average Bonchev–Trinajstić information content (AvgIpc) is 2.29. The molecule has 1 rings (SSSR count). The van der Waals surface area contributed by atoms with Crippen LogP contribution in [0.15, 0.2) is 18.2 Å². The average molecular weight is 241 g/mol. The molecule has 16 heavy (non-hydrogen) atoms. The van der Waals surface area contributed by atoms with Crippen molar-refractivity contribution in [3.63, 3.8) is 0 Å². The molecule has 0 saturated carbocycles. The van der Waals surface area contributed by atoms with Gasteiger partial charge in [-0.05, 0) is 37.6 Å². The standard InChI is InChI=1S/C13H21ClN2/c1-4-8-15-10-11-6-7-13(12(14)9-11)16(3)5-2/h6-7,9,15H,4-5,8,10H2,1-3H3. The molecule has 0 aromatic heterocycles. The summed E-state index contributed by atoms with van der Waals surface area (Å²) in [6.07, 6.45) is 1.16. The SMILES string of the molecule is CCCNCc1ccc(N(C)CC)c(Cl)c1. The van der Waals surface area contributed by atoms with Crippen molar-refractivity contribution in [2.45, 2.75) is 26.8 Å². The Bertz CT molecular complexity index is 326. The first-order valence-corrected chi connectivity index (χ1v) is 6.27. The van der Waals surface area contributed by atoms with E-state index in [1.54, 1.807) is 0 Å². The predicted molar refractivity (Wildman–Crippen MR) is 72.4 cm³/mol. The first kappa shape index (κ1) is 13.3. The Hall–Kier alpha value is -0.730. The van der Waals surface area contributed by atoms with Crippen LogP contribution in [-0.4, -0.2) is 20.1 Å². The van der Waals surface area contributed by atoms with Gasteiger partial charge in [-0.15, -0.1) is 0 Å². The third-order valence-electron chi connectivity index (χ3n) is 2.65. The molecule has 0 unspecified atom stereocenters. The lowest BCUT2D eigenvalue weighted by molar-refractivity contribution is 0.675. The lowest BCUT2D eigenvalue weighted by atomic mass is 10.2. The summed E-state index contributed by atoms with van der Waals surface area (Å²) in [5.74, 6) is 0. The largest absolute Gasteiger partial charge is 0.374 e. The van der Waals surface area contributed by atoms with E-state index in [0.29, 0.717) is 0 Å². The van der Waals surface area contributed by atoms with Crippen LogP contribution in [0.2, 0.25) is 5.02 Å². The van der Waals surface area contributed by atoms with Gasteiger partial charge in [0.05, 0.1) is 10.7 Å². The van der Waals surface area contributed by atoms with Crippen molar-refractivity contribution in [2.24, 2.45) is 0 Å². The second kappa shape index (κ2) is 6.77. The number of rotatable bonds is 6. The number of hydrogen-bond acceptors (Lipinski definition) is 2. The molecule has 0 spiro atoms. The van der Waals surface area contributed by atoms with Crippen molar-refractivity contribution < 1.29 is 0 Å². The molecule has 0 aliphatic rings. The maximum absolute atomic E-state index is 6.25. The van der Waals surface area contributed by atoms with Crippen molar-refractivity contribution in [1.82, 2.24) is 5.32 Å². The Kier molecular flexibility index (Phi) is 5.64. The molecule has 1 N–H and O–H groups in total. The van der Waals surface area contributed by atoms with Gasteiger partial charge in [0.15, 0.2) is 0 Å². The second-order valence-electron chi connectivity index (χ2n) is 3.98. The molecule has 0 atom stereocenters. The van der Waals surface area contributed by atoms with Gasteiger partial charge in [0.1, 0.15) is 0 Å². The van der Waals surface area contributed by atoms with E-state index in [2.05, 4.69) is 43.2 Å². The van der Waals surface area contributed by atoms with Gasteiger partial charge in [0.2, 0.25) is 0 Å². The lowest BCUT2D eigenvalue weighted by Crippen LogP contribution is -2.17. The molecule has 0 aliphatic carbocycles. The highest BCUT2D eigenvalue weighted by Crippen LogP contribution is 2.25. The van der Waals surface area contributed by atoms with E-state index in [4.69, 9.17) is 11.6 Å². The van der Waals surface area contributed by atoms with Crippen molar-refractivity contribution >= 4 is 17.3 Å². The smallest absolute Gasteiger partial charge is 0.0642 e. The molecule has 0 fully saturated rings. The Labute approximate surface area is 104 Å². The van der Waals surface area contributed by atoms with Crippen molar-refractivity contribution in [3.8, 4) is 0 Å². The molecule has 0 amide bonds. The zero-order valence-electron chi connectivity index (χ0n) is 10.4. The van der Waals surface area contributed by atoms with Crippen LogP contribution in [0.3, 0.4) is 0 Å². The Morgan fingerprint density at radius 3 is 2.62 bits per heavy atom. The molecular weight excluding hydrogens is 220 g/mol. The molecule has 3 heteroatoms. The van der Waals surface area contributed by atoms with E-state index in [1.165, 1.54) is 5.56 Å². The fourth-order valence-corrected chi connectivity index (χ4v) is 1.90. The Morgan fingerprint density at radius 1 is 1.31 bits per heavy atom. The van der Waals surface area contributed by atoms with E-state index in [0.717, 1.165) is 36.8 Å². The van der Waals surface area contributed by atoms with Crippen LogP contribution in [0.1, 0.15) is 25.8 Å². The fraction of sp³-hybridized carbons (Fsp3) is 0.538. The summed E-state index contributed by atoms with van der Waals surface area (Å²) in [5, 5.41) is 4.20. The second-order valence-corrected chi connectivity index (χ2v) is 4.38. The van der Waals surface area contributed by atoms with Gasteiger partial charge >= 0.3 is 0 Å². The molecular formula is C13H21ClN2. The number of anilines is 1. The summed E-state index contributed by atoms with van der Waals surface area (Å²) < 4.78 is 0. The van der Waals surface area contributed by atoms with Gasteiger partial charge < -0.3 is 10.2 Å². The normalized spacial score (nSPS) is 10.5. The van der Waals surface area contributed by atoms with E-state index in [-0.39, 0.29) is 0 Å². The maximum atomic E-state index is 6.25. The molecule has 1 aromatic carbocycles.